The molecule has 0 amide bonds. The second kappa shape index (κ2) is 7.98. The Morgan fingerprint density at radius 2 is 2.09 bits per heavy atom. The summed E-state index contributed by atoms with van der Waals surface area (Å²) in [6.45, 7) is 5.83. The summed E-state index contributed by atoms with van der Waals surface area (Å²) in [5, 5.41) is 13.6. The van der Waals surface area contributed by atoms with Crippen LogP contribution in [-0.2, 0) is 6.54 Å². The van der Waals surface area contributed by atoms with Gasteiger partial charge >= 0.3 is 0 Å². The number of ether oxygens (including phenoxy) is 1. The number of benzene rings is 2. The van der Waals surface area contributed by atoms with E-state index >= 15 is 0 Å². The predicted molar refractivity (Wildman–Crippen MR) is 125 cm³/mol. The molecule has 2 aromatic carbocycles. The van der Waals surface area contributed by atoms with Crippen LogP contribution >= 0.6 is 0 Å². The van der Waals surface area contributed by atoms with Crippen LogP contribution in [-0.4, -0.2) is 54.4 Å². The Morgan fingerprint density at radius 1 is 1.18 bits per heavy atom. The molecule has 4 heterocycles. The molecular formula is C26H26FN5O. The Labute approximate surface area is 192 Å². The molecule has 2 fully saturated rings. The van der Waals surface area contributed by atoms with Gasteiger partial charge in [0.25, 0.3) is 0 Å². The van der Waals surface area contributed by atoms with Crippen molar-refractivity contribution in [2.75, 3.05) is 31.1 Å². The fraction of sp³-hybridized carbons (Fsp3) is 0.385. The molecular weight excluding hydrogens is 417 g/mol. The number of nitrogens with zero attached hydrogens (tertiary/aromatic N) is 4. The molecule has 168 valence electrons. The highest BCUT2D eigenvalue weighted by atomic mass is 19.1. The third-order valence-corrected chi connectivity index (χ3v) is 7.25. The molecule has 1 N–H and O–H groups in total. The van der Waals surface area contributed by atoms with Crippen LogP contribution in [0.15, 0.2) is 48.7 Å². The summed E-state index contributed by atoms with van der Waals surface area (Å²) >= 11 is 0. The van der Waals surface area contributed by atoms with Crippen molar-refractivity contribution in [1.29, 1.82) is 5.26 Å². The fourth-order valence-electron chi connectivity index (χ4n) is 5.61. The predicted octanol–water partition coefficient (Wildman–Crippen LogP) is 3.56. The van der Waals surface area contributed by atoms with Crippen LogP contribution in [0.25, 0.3) is 10.9 Å². The minimum absolute atomic E-state index is 0.280. The molecule has 2 saturated heterocycles. The molecule has 7 heteroatoms. The van der Waals surface area contributed by atoms with Crippen molar-refractivity contribution in [3.63, 3.8) is 0 Å². The van der Waals surface area contributed by atoms with E-state index in [1.54, 1.807) is 6.20 Å². The van der Waals surface area contributed by atoms with Crippen molar-refractivity contribution in [2.45, 2.75) is 37.8 Å². The number of fused-ring (bicyclic) bond motifs is 4. The average Bonchev–Trinajstić information content (AvgIpc) is 3.41. The van der Waals surface area contributed by atoms with E-state index in [1.165, 1.54) is 11.1 Å². The number of nitrogens with one attached hydrogen (secondary N) is 1. The molecule has 0 saturated carbocycles. The number of alkyl halides is 1. The number of hydrogen-bond acceptors (Lipinski definition) is 6. The Morgan fingerprint density at radius 3 is 2.91 bits per heavy atom. The van der Waals surface area contributed by atoms with Crippen LogP contribution in [0.2, 0.25) is 0 Å². The molecule has 0 bridgehead atoms. The highest BCUT2D eigenvalue weighted by Gasteiger charge is 2.39. The average molecular weight is 444 g/mol. The number of aromatic nitrogens is 1. The third kappa shape index (κ3) is 3.41. The summed E-state index contributed by atoms with van der Waals surface area (Å²) in [5.41, 5.74) is 5.07. The Bertz CT molecular complexity index is 1260. The molecule has 0 aliphatic carbocycles. The Kier molecular flexibility index (Phi) is 4.93. The summed E-state index contributed by atoms with van der Waals surface area (Å²) < 4.78 is 19.9. The molecule has 3 aliphatic rings. The van der Waals surface area contributed by atoms with Crippen LogP contribution in [0.3, 0.4) is 0 Å². The first-order chi connectivity index (χ1) is 16.1. The van der Waals surface area contributed by atoms with Crippen LogP contribution in [0.1, 0.15) is 29.7 Å². The lowest BCUT2D eigenvalue weighted by molar-refractivity contribution is 0.134. The zero-order valence-electron chi connectivity index (χ0n) is 18.5. The van der Waals surface area contributed by atoms with Crippen molar-refractivity contribution < 1.29 is 9.13 Å². The lowest BCUT2D eigenvalue weighted by Crippen LogP contribution is -2.51. The third-order valence-electron chi connectivity index (χ3n) is 7.25. The maximum absolute atomic E-state index is 14.0. The van der Waals surface area contributed by atoms with Gasteiger partial charge in [-0.15, -0.1) is 0 Å². The first kappa shape index (κ1) is 20.4. The molecule has 1 aromatic heterocycles. The fourth-order valence-corrected chi connectivity index (χ4v) is 5.61. The second-order valence-corrected chi connectivity index (χ2v) is 9.28. The van der Waals surface area contributed by atoms with Crippen LogP contribution in [0.5, 0.6) is 5.75 Å². The van der Waals surface area contributed by atoms with Gasteiger partial charge in [0, 0.05) is 56.0 Å². The summed E-state index contributed by atoms with van der Waals surface area (Å²) in [5.74, 6) is 0.749. The van der Waals surface area contributed by atoms with E-state index in [9.17, 15) is 9.65 Å². The van der Waals surface area contributed by atoms with Gasteiger partial charge in [-0.1, -0.05) is 6.07 Å². The molecule has 6 nitrogen and oxygen atoms in total. The highest BCUT2D eigenvalue weighted by molar-refractivity contribution is 5.95. The number of anilines is 1. The van der Waals surface area contributed by atoms with E-state index < -0.39 is 12.3 Å². The molecule has 0 spiro atoms. The summed E-state index contributed by atoms with van der Waals surface area (Å²) in [4.78, 5) is 9.45. The lowest BCUT2D eigenvalue weighted by atomic mass is 10.00. The Hall–Kier alpha value is -3.21. The van der Waals surface area contributed by atoms with Gasteiger partial charge in [0.05, 0.1) is 17.1 Å². The lowest BCUT2D eigenvalue weighted by Gasteiger charge is -2.43. The summed E-state index contributed by atoms with van der Waals surface area (Å²) in [6, 6.07) is 17.1. The van der Waals surface area contributed by atoms with Crippen molar-refractivity contribution in [3.05, 3.63) is 65.4 Å². The number of hydrogen-bond donors (Lipinski definition) is 1. The molecule has 4 atom stereocenters. The van der Waals surface area contributed by atoms with E-state index in [0.29, 0.717) is 24.7 Å². The molecule has 0 unspecified atom stereocenters. The van der Waals surface area contributed by atoms with Crippen molar-refractivity contribution in [1.82, 2.24) is 15.2 Å². The molecule has 3 aromatic rings. The van der Waals surface area contributed by atoms with Gasteiger partial charge in [-0.3, -0.25) is 9.88 Å². The normalized spacial score (nSPS) is 26.8. The first-order valence-electron chi connectivity index (χ1n) is 11.5. The van der Waals surface area contributed by atoms with Crippen molar-refractivity contribution >= 4 is 16.6 Å². The highest BCUT2D eigenvalue weighted by Crippen LogP contribution is 2.42. The van der Waals surface area contributed by atoms with Gasteiger partial charge in [-0.05, 0) is 54.4 Å². The van der Waals surface area contributed by atoms with Gasteiger partial charge in [0.1, 0.15) is 17.9 Å². The number of nitriles is 1. The van der Waals surface area contributed by atoms with Crippen molar-refractivity contribution in [3.8, 4) is 11.8 Å². The Balaban J connectivity index is 1.30. The second-order valence-electron chi connectivity index (χ2n) is 9.28. The quantitative estimate of drug-likeness (QED) is 0.668. The summed E-state index contributed by atoms with van der Waals surface area (Å²) in [7, 11) is 0. The minimum Gasteiger partial charge on any atom is -0.486 e. The van der Waals surface area contributed by atoms with Gasteiger partial charge in [0.2, 0.25) is 0 Å². The number of halogens is 1. The standard InChI is InChI=1S/C26H26FN5O/c1-16-13-31(23-7-4-17(10-28)26-21(23)3-2-8-30-26)15-24-20-6-5-19(9-18(20)14-32(16)24)33-25-12-29-11-22(25)27/h2-9,16,22,24-25,29H,11-15H2,1H3/t16-,22+,24-,25+/m1/s1. The zero-order chi connectivity index (χ0) is 22.5. The first-order valence-corrected chi connectivity index (χ1v) is 11.5. The number of pyridine rings is 1. The van der Waals surface area contributed by atoms with Gasteiger partial charge < -0.3 is 15.0 Å². The van der Waals surface area contributed by atoms with E-state index in [2.05, 4.69) is 57.4 Å². The van der Waals surface area contributed by atoms with Crippen LogP contribution in [0.4, 0.5) is 10.1 Å². The smallest absolute Gasteiger partial charge is 0.150 e. The maximum Gasteiger partial charge on any atom is 0.150 e. The van der Waals surface area contributed by atoms with Gasteiger partial charge in [0.15, 0.2) is 6.17 Å². The summed E-state index contributed by atoms with van der Waals surface area (Å²) in [6.07, 6.45) is 0.363. The zero-order valence-corrected chi connectivity index (χ0v) is 18.5. The van der Waals surface area contributed by atoms with E-state index in [0.717, 1.165) is 42.0 Å². The number of rotatable bonds is 3. The largest absolute Gasteiger partial charge is 0.486 e. The maximum atomic E-state index is 14.0. The molecule has 6 rings (SSSR count). The topological polar surface area (TPSA) is 64.4 Å². The molecule has 0 radical (unpaired) electrons. The SMILES string of the molecule is C[C@@H]1CN(c2ccc(C#N)c3ncccc23)C[C@@H]2c3ccc(O[C@H]4CNC[C@@H]4F)cc3CN12. The van der Waals surface area contributed by atoms with Gasteiger partial charge in [-0.25, -0.2) is 4.39 Å². The van der Waals surface area contributed by atoms with E-state index in [-0.39, 0.29) is 6.04 Å². The molecule has 3 aliphatic heterocycles. The monoisotopic (exact) mass is 443 g/mol. The van der Waals surface area contributed by atoms with E-state index in [4.69, 9.17) is 4.74 Å². The minimum atomic E-state index is -0.963. The van der Waals surface area contributed by atoms with Crippen LogP contribution < -0.4 is 15.0 Å². The number of piperazine rings is 1. The van der Waals surface area contributed by atoms with Crippen molar-refractivity contribution in [2.24, 2.45) is 0 Å². The van der Waals surface area contributed by atoms with Crippen LogP contribution in [0, 0.1) is 11.3 Å². The van der Waals surface area contributed by atoms with E-state index in [1.807, 2.05) is 18.2 Å². The van der Waals surface area contributed by atoms with Gasteiger partial charge in [-0.2, -0.15) is 5.26 Å². The molecule has 33 heavy (non-hydrogen) atoms.